The summed E-state index contributed by atoms with van der Waals surface area (Å²) in [7, 11) is -1.22. The van der Waals surface area contributed by atoms with E-state index in [4.69, 9.17) is 0 Å². The van der Waals surface area contributed by atoms with Crippen molar-refractivity contribution in [2.24, 2.45) is 10.2 Å². The van der Waals surface area contributed by atoms with Gasteiger partial charge in [0, 0.05) is 68.9 Å². The lowest BCUT2D eigenvalue weighted by atomic mass is 10.1. The zero-order valence-electron chi connectivity index (χ0n) is 25.8. The van der Waals surface area contributed by atoms with Crippen LogP contribution in [-0.2, 0) is 21.6 Å². The Morgan fingerprint density at radius 1 is 0.565 bits per heavy atom. The third-order valence-electron chi connectivity index (χ3n) is 5.43. The molecule has 0 aromatic heterocycles. The highest BCUT2D eigenvalue weighted by atomic mass is 32.2. The Morgan fingerprint density at radius 3 is 1.17 bits per heavy atom. The highest BCUT2D eigenvalue weighted by molar-refractivity contribution is 7.83. The van der Waals surface area contributed by atoms with Crippen molar-refractivity contribution in [2.75, 3.05) is 25.0 Å². The quantitative estimate of drug-likeness (QED) is 0.121. The molecule has 0 saturated carbocycles. The van der Waals surface area contributed by atoms with Crippen molar-refractivity contribution < 1.29 is 28.2 Å². The molecule has 4 rings (SSSR count). The molecule has 4 aromatic carbocycles. The van der Waals surface area contributed by atoms with E-state index in [1.54, 1.807) is 85.7 Å². The molecule has 0 aliphatic heterocycles. The Bertz CT molecular complexity index is 1590. The molecule has 0 aliphatic rings. The maximum Gasteiger partial charge on any atom is 0.271 e. The first-order valence-corrected chi connectivity index (χ1v) is 17.5. The largest absolute Gasteiger partial charge is 0.507 e. The summed E-state index contributed by atoms with van der Waals surface area (Å²) < 4.78 is 19.1. The number of nitrogens with zero attached hydrogens (tertiary/aromatic N) is 2. The number of amides is 2. The van der Waals surface area contributed by atoms with Crippen molar-refractivity contribution in [2.45, 2.75) is 0 Å². The lowest BCUT2D eigenvalue weighted by Crippen LogP contribution is -2.17. The van der Waals surface area contributed by atoms with E-state index < -0.39 is 21.6 Å². The third kappa shape index (κ3) is 14.5. The molecule has 0 heterocycles. The minimum absolute atomic E-state index is 0.0782. The van der Waals surface area contributed by atoms with Gasteiger partial charge in [0.05, 0.1) is 12.4 Å². The number of nitrogens with one attached hydrogen (secondary N) is 2. The minimum Gasteiger partial charge on any atom is -0.507 e. The smallest absolute Gasteiger partial charge is 0.271 e. The van der Waals surface area contributed by atoms with E-state index >= 15 is 0 Å². The number of rotatable bonds is 8. The number of benzene rings is 4. The molecule has 4 N–H and O–H groups in total. The Kier molecular flexibility index (Phi) is 16.0. The van der Waals surface area contributed by atoms with E-state index in [2.05, 4.69) is 21.1 Å². The predicted molar refractivity (Wildman–Crippen MR) is 188 cm³/mol. The van der Waals surface area contributed by atoms with Gasteiger partial charge < -0.3 is 10.2 Å². The number of para-hydroxylation sites is 2. The van der Waals surface area contributed by atoms with E-state index in [9.17, 15) is 28.2 Å². The maximum atomic E-state index is 12.3. The zero-order valence-corrected chi connectivity index (χ0v) is 27.4. The van der Waals surface area contributed by atoms with E-state index in [0.717, 1.165) is 11.1 Å². The van der Waals surface area contributed by atoms with Crippen LogP contribution in [0.3, 0.4) is 0 Å². The zero-order chi connectivity index (χ0) is 33.9. The Labute approximate surface area is 273 Å². The van der Waals surface area contributed by atoms with Crippen molar-refractivity contribution in [3.8, 4) is 11.5 Å². The molecule has 0 saturated heterocycles. The fraction of sp³-hybridized carbons (Fsp3) is 0.118. The van der Waals surface area contributed by atoms with Crippen LogP contribution in [0.4, 0.5) is 0 Å². The van der Waals surface area contributed by atoms with Gasteiger partial charge in [-0.1, -0.05) is 60.7 Å². The summed E-state index contributed by atoms with van der Waals surface area (Å²) in [5.41, 5.74) is 8.54. The molecular formula is C34H36N4O6S2. The summed E-state index contributed by atoms with van der Waals surface area (Å²) in [5, 5.41) is 27.2. The van der Waals surface area contributed by atoms with Crippen molar-refractivity contribution >= 4 is 58.0 Å². The van der Waals surface area contributed by atoms with Crippen LogP contribution < -0.4 is 10.9 Å². The number of hydrogen-bond donors (Lipinski definition) is 4. The highest BCUT2D eigenvalue weighted by Gasteiger charge is 2.05. The summed E-state index contributed by atoms with van der Waals surface area (Å²) >= 11 is 0. The minimum atomic E-state index is -0.611. The third-order valence-corrected chi connectivity index (χ3v) is 5.43. The second-order valence-corrected chi connectivity index (χ2v) is 12.5. The topological polar surface area (TPSA) is 158 Å². The summed E-state index contributed by atoms with van der Waals surface area (Å²) in [6.07, 6.45) is 13.1. The van der Waals surface area contributed by atoms with Gasteiger partial charge in [0.25, 0.3) is 11.8 Å². The van der Waals surface area contributed by atoms with Crippen molar-refractivity contribution in [3.05, 3.63) is 130 Å². The molecule has 4 aromatic rings. The Hall–Kier alpha value is -5.20. The molecule has 46 heavy (non-hydrogen) atoms. The molecule has 2 amide bonds. The fourth-order valence-electron chi connectivity index (χ4n) is 3.33. The number of phenols is 2. The number of hydrogen-bond acceptors (Lipinski definition) is 8. The van der Waals surface area contributed by atoms with Gasteiger partial charge in [-0.25, -0.2) is 10.9 Å². The maximum absolute atomic E-state index is 12.3. The molecule has 12 heteroatoms. The van der Waals surface area contributed by atoms with Crippen LogP contribution in [0.1, 0.15) is 43.0 Å². The van der Waals surface area contributed by atoms with E-state index in [1.165, 1.54) is 24.6 Å². The van der Waals surface area contributed by atoms with Crippen LogP contribution in [0.5, 0.6) is 11.5 Å². The van der Waals surface area contributed by atoms with Crippen LogP contribution in [-0.4, -0.2) is 67.9 Å². The first-order valence-electron chi connectivity index (χ1n) is 13.6. The first kappa shape index (κ1) is 37.0. The van der Waals surface area contributed by atoms with Crippen LogP contribution in [0.15, 0.2) is 107 Å². The van der Waals surface area contributed by atoms with Gasteiger partial charge in [-0.05, 0) is 59.7 Å². The highest BCUT2D eigenvalue weighted by Crippen LogP contribution is 2.14. The molecule has 0 fully saturated rings. The van der Waals surface area contributed by atoms with Crippen molar-refractivity contribution in [1.29, 1.82) is 0 Å². The number of hydrazone groups is 2. The number of phenolic OH excluding ortho intramolecular Hbond substituents is 2. The van der Waals surface area contributed by atoms with E-state index in [0.29, 0.717) is 22.3 Å². The van der Waals surface area contributed by atoms with Crippen LogP contribution in [0, 0.1) is 0 Å². The van der Waals surface area contributed by atoms with Gasteiger partial charge in [-0.2, -0.15) is 10.2 Å². The van der Waals surface area contributed by atoms with Gasteiger partial charge in [0.2, 0.25) is 0 Å². The summed E-state index contributed by atoms with van der Waals surface area (Å²) in [6.45, 7) is 0. The molecular weight excluding hydrogens is 625 g/mol. The van der Waals surface area contributed by atoms with Crippen molar-refractivity contribution in [3.63, 3.8) is 0 Å². The van der Waals surface area contributed by atoms with Gasteiger partial charge in [-0.15, -0.1) is 0 Å². The lowest BCUT2D eigenvalue weighted by molar-refractivity contribution is 0.0947. The van der Waals surface area contributed by atoms with Crippen LogP contribution >= 0.6 is 0 Å². The molecule has 0 unspecified atom stereocenters. The van der Waals surface area contributed by atoms with Crippen LogP contribution in [0.25, 0.3) is 12.2 Å². The Morgan fingerprint density at radius 2 is 0.870 bits per heavy atom. The fourth-order valence-corrected chi connectivity index (χ4v) is 3.33. The molecule has 240 valence electrons. The molecule has 0 bridgehead atoms. The molecule has 0 spiro atoms. The van der Waals surface area contributed by atoms with Gasteiger partial charge >= 0.3 is 0 Å². The van der Waals surface area contributed by atoms with Gasteiger partial charge in [0.15, 0.2) is 0 Å². The lowest BCUT2D eigenvalue weighted by Gasteiger charge is -2.02. The van der Waals surface area contributed by atoms with E-state index in [-0.39, 0.29) is 23.3 Å². The molecule has 0 atom stereocenters. The molecule has 10 nitrogen and oxygen atoms in total. The standard InChI is InChI=1S/C30H24N4O4.2C2H6OS/c35-27-7-3-1-5-25(27)19-31-33-29(37)23-15-11-21(12-16-23)9-10-22-13-17-24(18-14-22)30(38)34-32-20-26-6-2-4-8-28(26)36;2*1-4(2)3/h1-20,35-36H,(H,33,37)(H,34,38);2*1-2H3/b10-9+,31-19+,32-20+;;. The summed E-state index contributed by atoms with van der Waals surface area (Å²) in [4.78, 5) is 24.6. The van der Waals surface area contributed by atoms with E-state index in [1.807, 2.05) is 36.4 Å². The van der Waals surface area contributed by atoms with Crippen LogP contribution in [0.2, 0.25) is 0 Å². The second-order valence-electron chi connectivity index (χ2n) is 9.58. The first-order chi connectivity index (χ1) is 22.0. The molecule has 0 radical (unpaired) electrons. The molecule has 0 aliphatic carbocycles. The average Bonchev–Trinajstić information content (AvgIpc) is 3.02. The SMILES string of the molecule is CS(C)=O.CS(C)=O.O=C(N/N=C/c1ccccc1O)c1ccc(/C=C/c2ccc(C(=O)N/N=C/c3ccccc3O)cc2)cc1. The normalized spacial score (nSPS) is 10.8. The van der Waals surface area contributed by atoms with Crippen molar-refractivity contribution in [1.82, 2.24) is 10.9 Å². The number of aromatic hydroxyl groups is 2. The predicted octanol–water partition coefficient (Wildman–Crippen LogP) is 4.79. The second kappa shape index (κ2) is 20.0. The van der Waals surface area contributed by atoms with Gasteiger partial charge in [0.1, 0.15) is 11.5 Å². The Balaban J connectivity index is 0.000000825. The number of carbonyl (C=O) groups is 2. The summed E-state index contributed by atoms with van der Waals surface area (Å²) in [5.74, 6) is -0.583. The summed E-state index contributed by atoms with van der Waals surface area (Å²) in [6, 6.07) is 27.4. The monoisotopic (exact) mass is 660 g/mol. The number of carbonyl (C=O) groups excluding carboxylic acids is 2. The average molecular weight is 661 g/mol. The van der Waals surface area contributed by atoms with Gasteiger partial charge in [-0.3, -0.25) is 18.0 Å².